The highest BCUT2D eigenvalue weighted by Gasteiger charge is 2.41. The Morgan fingerprint density at radius 3 is 2.50 bits per heavy atom. The van der Waals surface area contributed by atoms with Crippen LogP contribution < -0.4 is 0 Å². The van der Waals surface area contributed by atoms with Gasteiger partial charge < -0.3 is 4.57 Å². The van der Waals surface area contributed by atoms with Crippen molar-refractivity contribution in [2.75, 3.05) is 0 Å². The Hall–Kier alpha value is -3.28. The van der Waals surface area contributed by atoms with Crippen LogP contribution in [0.25, 0.3) is 17.0 Å². The van der Waals surface area contributed by atoms with Gasteiger partial charge in [0, 0.05) is 40.3 Å². The van der Waals surface area contributed by atoms with Gasteiger partial charge >= 0.3 is 0 Å². The summed E-state index contributed by atoms with van der Waals surface area (Å²) in [7, 11) is 0. The number of benzene rings is 3. The lowest BCUT2D eigenvalue weighted by molar-refractivity contribution is -0.124. The molecule has 1 aromatic heterocycles. The highest BCUT2D eigenvalue weighted by atomic mass is 35.5. The first-order chi connectivity index (χ1) is 18.6. The standard InChI is InChI=1S/C32H30ClN3OS/c1-22-9-5-7-13-28(22)36-31(37)30(38-32(36)34-26-10-3-2-4-11-26)19-24-21-35(29-14-8-6-12-27(24)29)20-23-15-17-25(33)18-16-23/h2-4,6,8,10-12,14-19,21-22,28H,5,7,9,13,20H2,1H3/b30-19-,34-32?/t22-,28+/m1/s1. The molecule has 2 atom stereocenters. The third-order valence-electron chi connectivity index (χ3n) is 7.59. The largest absolute Gasteiger partial charge is 0.342 e. The summed E-state index contributed by atoms with van der Waals surface area (Å²) in [6.45, 7) is 3.00. The zero-order valence-electron chi connectivity index (χ0n) is 21.4. The molecule has 38 heavy (non-hydrogen) atoms. The number of fused-ring (bicyclic) bond motifs is 1. The predicted molar refractivity (Wildman–Crippen MR) is 160 cm³/mol. The maximum absolute atomic E-state index is 14.0. The fraction of sp³-hybridized carbons (Fsp3) is 0.250. The van der Waals surface area contributed by atoms with E-state index in [0.29, 0.717) is 5.92 Å². The SMILES string of the molecule is C[C@@H]1CCCC[C@@H]1N1C(=O)/C(=C/c2cn(Cc3ccc(Cl)cc3)c3ccccc23)SC1=Nc1ccccc1. The van der Waals surface area contributed by atoms with E-state index >= 15 is 0 Å². The van der Waals surface area contributed by atoms with E-state index in [-0.39, 0.29) is 11.9 Å². The van der Waals surface area contributed by atoms with Crippen LogP contribution in [0.2, 0.25) is 5.02 Å². The lowest BCUT2D eigenvalue weighted by Gasteiger charge is -2.35. The van der Waals surface area contributed by atoms with Crippen molar-refractivity contribution < 1.29 is 4.79 Å². The summed E-state index contributed by atoms with van der Waals surface area (Å²) in [5, 5.41) is 2.66. The molecule has 1 aliphatic heterocycles. The number of aromatic nitrogens is 1. The third-order valence-corrected chi connectivity index (χ3v) is 8.82. The van der Waals surface area contributed by atoms with Gasteiger partial charge in [-0.15, -0.1) is 0 Å². The van der Waals surface area contributed by atoms with Gasteiger partial charge in [-0.3, -0.25) is 9.69 Å². The normalized spacial score (nSPS) is 22.2. The summed E-state index contributed by atoms with van der Waals surface area (Å²) in [5.41, 5.74) is 4.23. The molecule has 0 N–H and O–H groups in total. The molecule has 0 spiro atoms. The molecule has 2 aliphatic rings. The van der Waals surface area contributed by atoms with E-state index in [0.717, 1.165) is 63.1 Å². The minimum absolute atomic E-state index is 0.0676. The smallest absolute Gasteiger partial charge is 0.267 e. The molecule has 0 bridgehead atoms. The number of carbonyl (C=O) groups is 1. The van der Waals surface area contributed by atoms with Crippen molar-refractivity contribution in [1.82, 2.24) is 9.47 Å². The Morgan fingerprint density at radius 1 is 0.974 bits per heavy atom. The molecule has 2 fully saturated rings. The Balaban J connectivity index is 1.39. The lowest BCUT2D eigenvalue weighted by Crippen LogP contribution is -2.44. The summed E-state index contributed by atoms with van der Waals surface area (Å²) < 4.78 is 2.25. The van der Waals surface area contributed by atoms with E-state index in [4.69, 9.17) is 16.6 Å². The molecule has 6 heteroatoms. The maximum atomic E-state index is 14.0. The van der Waals surface area contributed by atoms with Gasteiger partial charge in [-0.2, -0.15) is 0 Å². The van der Waals surface area contributed by atoms with Gasteiger partial charge in [0.2, 0.25) is 0 Å². The average Bonchev–Trinajstić information content (AvgIpc) is 3.43. The molecule has 1 amide bonds. The number of aliphatic imine (C=N–C) groups is 1. The number of nitrogens with zero attached hydrogens (tertiary/aromatic N) is 3. The fourth-order valence-electron chi connectivity index (χ4n) is 5.60. The molecular formula is C32H30ClN3OS. The van der Waals surface area contributed by atoms with Crippen molar-refractivity contribution in [2.24, 2.45) is 10.9 Å². The van der Waals surface area contributed by atoms with Crippen LogP contribution in [0.15, 0.2) is 95.0 Å². The second kappa shape index (κ2) is 10.8. The highest BCUT2D eigenvalue weighted by molar-refractivity contribution is 8.18. The molecule has 0 radical (unpaired) electrons. The van der Waals surface area contributed by atoms with Gasteiger partial charge in [-0.25, -0.2) is 4.99 Å². The van der Waals surface area contributed by atoms with E-state index in [1.54, 1.807) is 0 Å². The number of amides is 1. The predicted octanol–water partition coefficient (Wildman–Crippen LogP) is 8.53. The molecule has 1 aliphatic carbocycles. The number of carbonyl (C=O) groups excluding carboxylic acids is 1. The molecule has 2 heterocycles. The van der Waals surface area contributed by atoms with Gasteiger partial charge in [0.25, 0.3) is 5.91 Å². The van der Waals surface area contributed by atoms with Crippen molar-refractivity contribution in [1.29, 1.82) is 0 Å². The van der Waals surface area contributed by atoms with Crippen molar-refractivity contribution in [2.45, 2.75) is 45.2 Å². The van der Waals surface area contributed by atoms with Gasteiger partial charge in [-0.1, -0.05) is 79.9 Å². The summed E-state index contributed by atoms with van der Waals surface area (Å²) in [6.07, 6.45) is 8.76. The molecule has 0 unspecified atom stereocenters. The van der Waals surface area contributed by atoms with Crippen molar-refractivity contribution in [3.8, 4) is 0 Å². The molecule has 192 valence electrons. The first kappa shape index (κ1) is 25.0. The van der Waals surface area contributed by atoms with Gasteiger partial charge in [0.05, 0.1) is 10.6 Å². The van der Waals surface area contributed by atoms with E-state index in [1.807, 2.05) is 47.4 Å². The second-order valence-electron chi connectivity index (χ2n) is 10.2. The van der Waals surface area contributed by atoms with E-state index in [9.17, 15) is 4.79 Å². The van der Waals surface area contributed by atoms with Crippen molar-refractivity contribution in [3.63, 3.8) is 0 Å². The quantitative estimate of drug-likeness (QED) is 0.238. The van der Waals surface area contributed by atoms with Crippen molar-refractivity contribution >= 4 is 57.1 Å². The van der Waals surface area contributed by atoms with Gasteiger partial charge in [0.15, 0.2) is 5.17 Å². The Labute approximate surface area is 233 Å². The van der Waals surface area contributed by atoms with E-state index in [2.05, 4.69) is 60.2 Å². The summed E-state index contributed by atoms with van der Waals surface area (Å²) in [6, 6.07) is 26.5. The highest BCUT2D eigenvalue weighted by Crippen LogP contribution is 2.40. The Bertz CT molecular complexity index is 1520. The van der Waals surface area contributed by atoms with E-state index < -0.39 is 0 Å². The molecular weight excluding hydrogens is 510 g/mol. The van der Waals surface area contributed by atoms with E-state index in [1.165, 1.54) is 23.7 Å². The second-order valence-corrected chi connectivity index (χ2v) is 11.6. The topological polar surface area (TPSA) is 37.6 Å². The number of rotatable bonds is 5. The summed E-state index contributed by atoms with van der Waals surface area (Å²) >= 11 is 7.60. The first-order valence-electron chi connectivity index (χ1n) is 13.3. The molecule has 4 aromatic rings. The number of hydrogen-bond donors (Lipinski definition) is 0. The van der Waals surface area contributed by atoms with Crippen LogP contribution in [0.5, 0.6) is 0 Å². The van der Waals surface area contributed by atoms with Gasteiger partial charge in [-0.05, 0) is 72.5 Å². The Morgan fingerprint density at radius 2 is 1.71 bits per heavy atom. The number of para-hydroxylation sites is 2. The number of halogens is 1. The summed E-state index contributed by atoms with van der Waals surface area (Å²) in [4.78, 5) is 21.6. The molecule has 6 rings (SSSR count). The zero-order valence-corrected chi connectivity index (χ0v) is 23.0. The van der Waals surface area contributed by atoms with Crippen LogP contribution in [-0.4, -0.2) is 26.6 Å². The Kier molecular flexibility index (Phi) is 7.14. The van der Waals surface area contributed by atoms with Crippen LogP contribution in [0.3, 0.4) is 0 Å². The lowest BCUT2D eigenvalue weighted by atomic mass is 9.85. The van der Waals surface area contributed by atoms with Crippen LogP contribution in [0.1, 0.15) is 43.7 Å². The molecule has 4 nitrogen and oxygen atoms in total. The number of hydrogen-bond acceptors (Lipinski definition) is 3. The minimum atomic E-state index is 0.0676. The van der Waals surface area contributed by atoms with Crippen molar-refractivity contribution in [3.05, 3.63) is 106 Å². The maximum Gasteiger partial charge on any atom is 0.267 e. The summed E-state index contributed by atoms with van der Waals surface area (Å²) in [5.74, 6) is 0.521. The van der Waals surface area contributed by atoms with Gasteiger partial charge in [0.1, 0.15) is 0 Å². The fourth-order valence-corrected chi connectivity index (χ4v) is 6.76. The van der Waals surface area contributed by atoms with Crippen LogP contribution in [-0.2, 0) is 11.3 Å². The molecule has 1 saturated heterocycles. The number of amidine groups is 1. The van der Waals surface area contributed by atoms with Crippen LogP contribution in [0.4, 0.5) is 5.69 Å². The minimum Gasteiger partial charge on any atom is -0.342 e. The monoisotopic (exact) mass is 539 g/mol. The zero-order chi connectivity index (χ0) is 26.1. The van der Waals surface area contributed by atoms with Crippen LogP contribution in [0, 0.1) is 5.92 Å². The molecule has 3 aromatic carbocycles. The van der Waals surface area contributed by atoms with Crippen LogP contribution >= 0.6 is 23.4 Å². The number of thioether (sulfide) groups is 1. The first-order valence-corrected chi connectivity index (χ1v) is 14.5. The third kappa shape index (κ3) is 5.05. The molecule has 1 saturated carbocycles. The average molecular weight is 540 g/mol.